The Morgan fingerprint density at radius 3 is 2.32 bits per heavy atom. The van der Waals surface area contributed by atoms with Crippen molar-refractivity contribution in [1.82, 2.24) is 24.3 Å². The van der Waals surface area contributed by atoms with Crippen LogP contribution in [0.25, 0.3) is 44.7 Å². The minimum atomic E-state index is -0.169. The predicted octanol–water partition coefficient (Wildman–Crippen LogP) is 8.91. The third-order valence-corrected chi connectivity index (χ3v) is 8.19. The largest absolute Gasteiger partial charge is 2.00 e. The molecule has 0 aliphatic rings. The number of rotatable bonds is 5. The molecule has 0 radical (unpaired) electrons. The molecule has 0 saturated carbocycles. The van der Waals surface area contributed by atoms with Crippen LogP contribution < -0.4 is 4.74 Å². The Morgan fingerprint density at radius 1 is 0.830 bits per heavy atom. The van der Waals surface area contributed by atoms with Gasteiger partial charge in [0.25, 0.3) is 0 Å². The zero-order chi connectivity index (χ0) is 32.2. The number of hydrogen-bond acceptors (Lipinski definition) is 5. The number of hydrogen-bond donors (Lipinski definition) is 0. The van der Waals surface area contributed by atoms with Crippen LogP contribution in [0, 0.1) is 44.2 Å². The summed E-state index contributed by atoms with van der Waals surface area (Å²) in [5.74, 6) is 3.22. The van der Waals surface area contributed by atoms with Crippen molar-refractivity contribution in [3.8, 4) is 40.5 Å². The number of para-hydroxylation sites is 1. The van der Waals surface area contributed by atoms with Crippen molar-refractivity contribution in [1.29, 1.82) is 5.26 Å². The molecule has 0 spiro atoms. The van der Waals surface area contributed by atoms with Crippen LogP contribution in [0.2, 0.25) is 0 Å². The van der Waals surface area contributed by atoms with Gasteiger partial charge >= 0.3 is 21.1 Å². The minimum Gasteiger partial charge on any atom is -0.503 e. The summed E-state index contributed by atoms with van der Waals surface area (Å²) in [6.45, 7) is 12.6. The van der Waals surface area contributed by atoms with Crippen molar-refractivity contribution in [2.75, 3.05) is 0 Å². The van der Waals surface area contributed by atoms with Gasteiger partial charge in [-0.25, -0.2) is 4.98 Å². The molecular formula is C39H32N6OPt. The number of pyridine rings is 1. The van der Waals surface area contributed by atoms with Crippen LogP contribution in [0.1, 0.15) is 48.8 Å². The van der Waals surface area contributed by atoms with Crippen molar-refractivity contribution >= 4 is 21.8 Å². The van der Waals surface area contributed by atoms with Crippen molar-refractivity contribution < 1.29 is 25.8 Å². The first-order valence-corrected chi connectivity index (χ1v) is 15.2. The van der Waals surface area contributed by atoms with Gasteiger partial charge in [-0.2, -0.15) is 16.4 Å². The molecule has 0 aliphatic carbocycles. The van der Waals surface area contributed by atoms with E-state index in [0.29, 0.717) is 28.7 Å². The fourth-order valence-electron chi connectivity index (χ4n) is 5.93. The maximum Gasteiger partial charge on any atom is 2.00 e. The Bertz CT molecular complexity index is 2300. The smallest absolute Gasteiger partial charge is 0.503 e. The molecule has 0 N–H and O–H groups in total. The monoisotopic (exact) mass is 795 g/mol. The molecule has 7 aromatic rings. The van der Waals surface area contributed by atoms with Crippen LogP contribution >= 0.6 is 0 Å². The number of aryl methyl sites for hydroxylation is 3. The maximum atomic E-state index is 9.59. The van der Waals surface area contributed by atoms with Gasteiger partial charge in [-0.1, -0.05) is 62.7 Å². The molecule has 0 bridgehead atoms. The van der Waals surface area contributed by atoms with Crippen LogP contribution in [0.5, 0.6) is 11.5 Å². The average molecular weight is 796 g/mol. The first-order valence-electron chi connectivity index (χ1n) is 15.2. The van der Waals surface area contributed by atoms with E-state index in [0.717, 1.165) is 55.6 Å². The maximum absolute atomic E-state index is 9.59. The van der Waals surface area contributed by atoms with E-state index in [1.54, 1.807) is 6.20 Å². The molecule has 234 valence electrons. The molecule has 47 heavy (non-hydrogen) atoms. The van der Waals surface area contributed by atoms with E-state index in [-0.39, 0.29) is 26.5 Å². The first-order chi connectivity index (χ1) is 22.1. The van der Waals surface area contributed by atoms with Crippen LogP contribution in [0.4, 0.5) is 0 Å². The molecule has 7 rings (SSSR count). The van der Waals surface area contributed by atoms with Crippen molar-refractivity contribution in [2.45, 2.75) is 47.0 Å². The molecule has 0 fully saturated rings. The van der Waals surface area contributed by atoms with Gasteiger partial charge in [-0.3, -0.25) is 9.67 Å². The summed E-state index contributed by atoms with van der Waals surface area (Å²) < 4.78 is 10.5. The second-order valence-corrected chi connectivity index (χ2v) is 12.6. The number of nitriles is 1. The second-order valence-electron chi connectivity index (χ2n) is 12.6. The molecular weight excluding hydrogens is 764 g/mol. The van der Waals surface area contributed by atoms with Crippen molar-refractivity contribution in [3.05, 3.63) is 125 Å². The summed E-state index contributed by atoms with van der Waals surface area (Å²) in [7, 11) is 0. The zero-order valence-electron chi connectivity index (χ0n) is 27.0. The number of benzene rings is 4. The van der Waals surface area contributed by atoms with E-state index in [4.69, 9.17) is 14.8 Å². The van der Waals surface area contributed by atoms with E-state index in [2.05, 4.69) is 86.6 Å². The van der Waals surface area contributed by atoms with E-state index in [1.165, 1.54) is 0 Å². The van der Waals surface area contributed by atoms with E-state index in [1.807, 2.05) is 66.2 Å². The van der Waals surface area contributed by atoms with Gasteiger partial charge in [0.2, 0.25) is 0 Å². The molecule has 8 heteroatoms. The second kappa shape index (κ2) is 12.3. The Morgan fingerprint density at radius 2 is 1.62 bits per heavy atom. The van der Waals surface area contributed by atoms with Gasteiger partial charge in [0.1, 0.15) is 11.6 Å². The fraction of sp³-hybridized carbons (Fsp3) is 0.179. The molecule has 3 heterocycles. The third kappa shape index (κ3) is 5.86. The topological polar surface area (TPSA) is 81.5 Å². The van der Waals surface area contributed by atoms with Gasteiger partial charge in [0.15, 0.2) is 0 Å². The van der Waals surface area contributed by atoms with Gasteiger partial charge in [0.05, 0.1) is 23.1 Å². The van der Waals surface area contributed by atoms with Gasteiger partial charge in [0, 0.05) is 23.2 Å². The van der Waals surface area contributed by atoms with Crippen molar-refractivity contribution in [3.63, 3.8) is 0 Å². The molecule has 0 amide bonds. The van der Waals surface area contributed by atoms with Crippen LogP contribution in [-0.2, 0) is 26.5 Å². The van der Waals surface area contributed by atoms with Gasteiger partial charge in [-0.15, -0.1) is 34.7 Å². The average Bonchev–Trinajstić information content (AvgIpc) is 3.57. The quantitative estimate of drug-likeness (QED) is 0.163. The Kier molecular flexibility index (Phi) is 8.34. The summed E-state index contributed by atoms with van der Waals surface area (Å²) >= 11 is 0. The number of aromatic nitrogens is 5. The Balaban J connectivity index is 0.00000386. The van der Waals surface area contributed by atoms with Gasteiger partial charge in [-0.05, 0) is 73.0 Å². The molecule has 0 aliphatic heterocycles. The van der Waals surface area contributed by atoms with Crippen LogP contribution in [0.15, 0.2) is 85.1 Å². The van der Waals surface area contributed by atoms with E-state index in [9.17, 15) is 5.26 Å². The number of ether oxygens (including phenoxy) is 1. The third-order valence-electron chi connectivity index (χ3n) is 8.19. The summed E-state index contributed by atoms with van der Waals surface area (Å²) in [6, 6.07) is 35.1. The first kappa shape index (κ1) is 31.9. The van der Waals surface area contributed by atoms with E-state index < -0.39 is 0 Å². The zero-order valence-corrected chi connectivity index (χ0v) is 29.3. The molecule has 4 aromatic carbocycles. The Hall–Kier alpha value is -5.05. The molecule has 3 aromatic heterocycles. The number of fused-ring (bicyclic) bond motifs is 3. The summed E-state index contributed by atoms with van der Waals surface area (Å²) in [5, 5.41) is 16.3. The normalized spacial score (nSPS) is 11.4. The fourth-order valence-corrected chi connectivity index (χ4v) is 5.93. The molecule has 0 unspecified atom stereocenters. The summed E-state index contributed by atoms with van der Waals surface area (Å²) in [6.07, 6.45) is 1.77. The molecule has 0 saturated heterocycles. The van der Waals surface area contributed by atoms with Crippen LogP contribution in [-0.4, -0.2) is 24.3 Å². The molecule has 0 atom stereocenters. The number of nitrogens with zero attached hydrogens (tertiary/aromatic N) is 6. The molecule has 7 nitrogen and oxygen atoms in total. The standard InChI is InChI=1S/C39H32N6O.Pt/c1-24-10-9-11-25(2)37(24)45-38(42-26(3)43-45)28-19-29(39(4,5)6)21-31(20-28)46-30-14-15-32-33-18-27(23-40)13-16-34(33)44(35(32)22-30)36-12-7-8-17-41-36;/h7-19,21H,1-6H3;/q-2;+2. The Labute approximate surface area is 288 Å². The van der Waals surface area contributed by atoms with Crippen LogP contribution in [0.3, 0.4) is 0 Å². The van der Waals surface area contributed by atoms with Gasteiger partial charge < -0.3 is 9.30 Å². The van der Waals surface area contributed by atoms with Crippen molar-refractivity contribution in [2.24, 2.45) is 0 Å². The minimum absolute atomic E-state index is 0. The summed E-state index contributed by atoms with van der Waals surface area (Å²) in [5.41, 5.74) is 7.28. The summed E-state index contributed by atoms with van der Waals surface area (Å²) in [4.78, 5) is 9.48. The SMILES string of the molecule is Cc1nc(-c2[c-]c(Oc3[c-]c4c(cc3)c3cc(C#N)ccc3n4-c3ccccn3)cc(C(C)(C)C)c2)n(-c2c(C)cccc2C)n1.[Pt+2]. The predicted molar refractivity (Wildman–Crippen MR) is 181 cm³/mol. The van der Waals surface area contributed by atoms with E-state index >= 15 is 0 Å².